The highest BCUT2D eigenvalue weighted by atomic mass is 16.4. The van der Waals surface area contributed by atoms with Gasteiger partial charge in [-0.15, -0.1) is 0 Å². The molecule has 0 radical (unpaired) electrons. The standard InChI is InChI=1S/C9H8N4O4/c1-13-2-5(7(12-13)9(15)16)11-8(14)6-3-17-4-10-6/h2-4H,1H3,(H,11,14)(H,15,16). The SMILES string of the molecule is Cn1cc(NC(=O)c2cocn2)c(C(=O)O)n1. The Kier molecular flexibility index (Phi) is 2.61. The van der Waals surface area contributed by atoms with E-state index in [9.17, 15) is 9.59 Å². The van der Waals surface area contributed by atoms with Crippen molar-refractivity contribution in [2.24, 2.45) is 7.05 Å². The van der Waals surface area contributed by atoms with E-state index in [1.54, 1.807) is 7.05 Å². The molecule has 0 aliphatic carbocycles. The maximum absolute atomic E-state index is 11.6. The molecule has 2 aromatic rings. The van der Waals surface area contributed by atoms with E-state index in [0.29, 0.717) is 0 Å². The number of aryl methyl sites for hydroxylation is 1. The molecule has 2 heterocycles. The highest BCUT2D eigenvalue weighted by Gasteiger charge is 2.18. The molecule has 0 saturated carbocycles. The third-order valence-electron chi connectivity index (χ3n) is 1.94. The molecule has 88 valence electrons. The van der Waals surface area contributed by atoms with Gasteiger partial charge in [0.05, 0.1) is 5.69 Å². The molecule has 2 aromatic heterocycles. The Morgan fingerprint density at radius 1 is 1.53 bits per heavy atom. The van der Waals surface area contributed by atoms with Crippen molar-refractivity contribution >= 4 is 17.6 Å². The molecule has 0 saturated heterocycles. The number of carbonyl (C=O) groups is 2. The van der Waals surface area contributed by atoms with Crippen molar-refractivity contribution in [3.63, 3.8) is 0 Å². The smallest absolute Gasteiger partial charge is 0.358 e. The number of nitrogens with one attached hydrogen (secondary N) is 1. The third kappa shape index (κ3) is 2.14. The van der Waals surface area contributed by atoms with Crippen LogP contribution in [0.25, 0.3) is 0 Å². The van der Waals surface area contributed by atoms with Crippen LogP contribution in [0, 0.1) is 0 Å². The number of rotatable bonds is 3. The zero-order valence-corrected chi connectivity index (χ0v) is 8.75. The maximum atomic E-state index is 11.6. The van der Waals surface area contributed by atoms with Crippen molar-refractivity contribution in [2.75, 3.05) is 5.32 Å². The molecule has 0 atom stereocenters. The molecular formula is C9H8N4O4. The summed E-state index contributed by atoms with van der Waals surface area (Å²) in [7, 11) is 1.55. The van der Waals surface area contributed by atoms with Crippen LogP contribution in [-0.4, -0.2) is 31.7 Å². The topological polar surface area (TPSA) is 110 Å². The lowest BCUT2D eigenvalue weighted by Crippen LogP contribution is -2.14. The first kappa shape index (κ1) is 10.9. The van der Waals surface area contributed by atoms with Crippen LogP contribution in [-0.2, 0) is 7.05 Å². The molecular weight excluding hydrogens is 228 g/mol. The fourth-order valence-electron chi connectivity index (χ4n) is 1.25. The van der Waals surface area contributed by atoms with Crippen molar-refractivity contribution in [1.29, 1.82) is 0 Å². The van der Waals surface area contributed by atoms with Gasteiger partial charge in [-0.2, -0.15) is 5.10 Å². The predicted molar refractivity (Wildman–Crippen MR) is 54.6 cm³/mol. The van der Waals surface area contributed by atoms with E-state index in [1.807, 2.05) is 0 Å². The molecule has 0 aliphatic rings. The van der Waals surface area contributed by atoms with Gasteiger partial charge in [-0.3, -0.25) is 9.48 Å². The van der Waals surface area contributed by atoms with Crippen LogP contribution in [0.4, 0.5) is 5.69 Å². The summed E-state index contributed by atoms with van der Waals surface area (Å²) in [5.41, 5.74) is -0.0671. The van der Waals surface area contributed by atoms with Crippen molar-refractivity contribution in [1.82, 2.24) is 14.8 Å². The average Bonchev–Trinajstić information content (AvgIpc) is 2.86. The first-order valence-electron chi connectivity index (χ1n) is 4.54. The number of carboxylic acids is 1. The summed E-state index contributed by atoms with van der Waals surface area (Å²) in [5.74, 6) is -1.78. The van der Waals surface area contributed by atoms with Gasteiger partial charge in [-0.1, -0.05) is 0 Å². The number of aromatic carboxylic acids is 1. The first-order valence-corrected chi connectivity index (χ1v) is 4.54. The number of aromatic nitrogens is 3. The summed E-state index contributed by atoms with van der Waals surface area (Å²) < 4.78 is 5.94. The molecule has 0 aliphatic heterocycles. The molecule has 0 spiro atoms. The monoisotopic (exact) mass is 236 g/mol. The van der Waals surface area contributed by atoms with Crippen molar-refractivity contribution in [2.45, 2.75) is 0 Å². The summed E-state index contributed by atoms with van der Waals surface area (Å²) >= 11 is 0. The zero-order chi connectivity index (χ0) is 12.4. The van der Waals surface area contributed by atoms with Gasteiger partial charge in [0.25, 0.3) is 5.91 Å². The minimum atomic E-state index is -1.22. The quantitative estimate of drug-likeness (QED) is 0.795. The molecule has 8 nitrogen and oxygen atoms in total. The van der Waals surface area contributed by atoms with Gasteiger partial charge in [0.2, 0.25) is 0 Å². The molecule has 2 N–H and O–H groups in total. The minimum Gasteiger partial charge on any atom is -0.476 e. The fraction of sp³-hybridized carbons (Fsp3) is 0.111. The Balaban J connectivity index is 2.24. The van der Waals surface area contributed by atoms with Crippen LogP contribution >= 0.6 is 0 Å². The van der Waals surface area contributed by atoms with Gasteiger partial charge in [0.1, 0.15) is 6.26 Å². The van der Waals surface area contributed by atoms with E-state index in [1.165, 1.54) is 10.9 Å². The lowest BCUT2D eigenvalue weighted by molar-refractivity contribution is 0.0690. The molecule has 17 heavy (non-hydrogen) atoms. The van der Waals surface area contributed by atoms with Crippen LogP contribution < -0.4 is 5.32 Å². The Morgan fingerprint density at radius 2 is 2.29 bits per heavy atom. The molecule has 8 heteroatoms. The number of oxazole rings is 1. The van der Waals surface area contributed by atoms with E-state index in [2.05, 4.69) is 19.8 Å². The van der Waals surface area contributed by atoms with Gasteiger partial charge in [-0.25, -0.2) is 9.78 Å². The molecule has 0 aromatic carbocycles. The summed E-state index contributed by atoms with van der Waals surface area (Å²) in [6.45, 7) is 0. The average molecular weight is 236 g/mol. The summed E-state index contributed by atoms with van der Waals surface area (Å²) in [6.07, 6.45) is 3.66. The number of carboxylic acid groups (broad SMARTS) is 1. The number of carbonyl (C=O) groups excluding carboxylic acids is 1. The molecule has 1 amide bonds. The Labute approximate surface area is 94.9 Å². The second-order valence-corrected chi connectivity index (χ2v) is 3.20. The van der Waals surface area contributed by atoms with Gasteiger partial charge >= 0.3 is 5.97 Å². The van der Waals surface area contributed by atoms with Crippen LogP contribution in [0.1, 0.15) is 21.0 Å². The normalized spacial score (nSPS) is 10.2. The molecule has 0 bridgehead atoms. The Morgan fingerprint density at radius 3 is 2.88 bits per heavy atom. The Bertz CT molecular complexity index is 558. The fourth-order valence-corrected chi connectivity index (χ4v) is 1.25. The van der Waals surface area contributed by atoms with Gasteiger partial charge in [0, 0.05) is 13.2 Å². The van der Waals surface area contributed by atoms with E-state index in [0.717, 1.165) is 12.7 Å². The van der Waals surface area contributed by atoms with Gasteiger partial charge in [0.15, 0.2) is 17.8 Å². The minimum absolute atomic E-state index is 0.0604. The van der Waals surface area contributed by atoms with Crippen molar-refractivity contribution in [3.8, 4) is 0 Å². The number of amides is 1. The van der Waals surface area contributed by atoms with E-state index < -0.39 is 11.9 Å². The van der Waals surface area contributed by atoms with E-state index in [4.69, 9.17) is 5.11 Å². The summed E-state index contributed by atoms with van der Waals surface area (Å²) in [4.78, 5) is 26.1. The second kappa shape index (κ2) is 4.08. The van der Waals surface area contributed by atoms with E-state index >= 15 is 0 Å². The maximum Gasteiger partial charge on any atom is 0.358 e. The largest absolute Gasteiger partial charge is 0.476 e. The number of hydrogen-bond donors (Lipinski definition) is 2. The highest BCUT2D eigenvalue weighted by Crippen LogP contribution is 2.14. The van der Waals surface area contributed by atoms with Crippen molar-refractivity contribution < 1.29 is 19.1 Å². The van der Waals surface area contributed by atoms with Crippen LogP contribution in [0.2, 0.25) is 0 Å². The predicted octanol–water partition coefficient (Wildman–Crippen LogP) is 0.359. The molecule has 0 fully saturated rings. The highest BCUT2D eigenvalue weighted by molar-refractivity contribution is 6.05. The van der Waals surface area contributed by atoms with Crippen LogP contribution in [0.5, 0.6) is 0 Å². The number of anilines is 1. The Hall–Kier alpha value is -2.64. The first-order chi connectivity index (χ1) is 8.08. The lowest BCUT2D eigenvalue weighted by Gasteiger charge is -1.99. The zero-order valence-electron chi connectivity index (χ0n) is 8.75. The van der Waals surface area contributed by atoms with Crippen LogP contribution in [0.15, 0.2) is 23.3 Å². The molecule has 0 unspecified atom stereocenters. The van der Waals surface area contributed by atoms with Crippen molar-refractivity contribution in [3.05, 3.63) is 30.2 Å². The second-order valence-electron chi connectivity index (χ2n) is 3.20. The third-order valence-corrected chi connectivity index (χ3v) is 1.94. The number of hydrogen-bond acceptors (Lipinski definition) is 5. The van der Waals surface area contributed by atoms with Crippen LogP contribution in [0.3, 0.4) is 0 Å². The molecule has 2 rings (SSSR count). The summed E-state index contributed by atoms with van der Waals surface area (Å²) in [6, 6.07) is 0. The lowest BCUT2D eigenvalue weighted by atomic mass is 10.3. The number of nitrogens with zero attached hydrogens (tertiary/aromatic N) is 3. The summed E-state index contributed by atoms with van der Waals surface area (Å²) in [5, 5.41) is 15.0. The van der Waals surface area contributed by atoms with Gasteiger partial charge in [-0.05, 0) is 0 Å². The van der Waals surface area contributed by atoms with Gasteiger partial charge < -0.3 is 14.8 Å². The van der Waals surface area contributed by atoms with E-state index in [-0.39, 0.29) is 17.1 Å².